The second-order valence-corrected chi connectivity index (χ2v) is 8.74. The van der Waals surface area contributed by atoms with Gasteiger partial charge in [-0.05, 0) is 42.7 Å². The summed E-state index contributed by atoms with van der Waals surface area (Å²) in [6.07, 6.45) is -2.55. The average molecular weight is 499 g/mol. The van der Waals surface area contributed by atoms with Gasteiger partial charge in [-0.15, -0.1) is 0 Å². The zero-order valence-electron chi connectivity index (χ0n) is 19.8. The molecule has 0 bridgehead atoms. The van der Waals surface area contributed by atoms with E-state index in [0.717, 1.165) is 11.0 Å². The van der Waals surface area contributed by atoms with E-state index in [-0.39, 0.29) is 30.6 Å². The molecule has 1 atom stereocenters. The monoisotopic (exact) mass is 498 g/mol. The smallest absolute Gasteiger partial charge is 0.267 e. The van der Waals surface area contributed by atoms with E-state index in [1.807, 2.05) is 0 Å². The third kappa shape index (κ3) is 5.02. The molecule has 4 rings (SSSR count). The van der Waals surface area contributed by atoms with E-state index in [4.69, 9.17) is 0 Å². The normalized spacial score (nSPS) is 14.9. The molecule has 1 aromatic heterocycles. The van der Waals surface area contributed by atoms with E-state index in [1.165, 1.54) is 29.2 Å². The SMILES string of the molecule is Cc1c(Cc2ccc(F)c(C(=O)N3CCN([C@H](c4ccccc4)C(F)F)C(=O)C3)c2)n[nH]c(=O)c1C. The fourth-order valence-electron chi connectivity index (χ4n) is 4.32. The number of H-pyrrole nitrogens is 1. The van der Waals surface area contributed by atoms with Gasteiger partial charge in [0.15, 0.2) is 0 Å². The number of aromatic amines is 1. The van der Waals surface area contributed by atoms with Crippen molar-refractivity contribution in [2.45, 2.75) is 32.7 Å². The molecule has 1 fully saturated rings. The number of alkyl halides is 2. The number of piperazine rings is 1. The van der Waals surface area contributed by atoms with Gasteiger partial charge in [0.25, 0.3) is 17.9 Å². The molecule has 188 valence electrons. The third-order valence-electron chi connectivity index (χ3n) is 6.52. The molecule has 2 aromatic carbocycles. The van der Waals surface area contributed by atoms with Crippen LogP contribution in [0.2, 0.25) is 0 Å². The maximum Gasteiger partial charge on any atom is 0.267 e. The van der Waals surface area contributed by atoms with E-state index in [1.54, 1.807) is 32.0 Å². The molecule has 0 spiro atoms. The summed E-state index contributed by atoms with van der Waals surface area (Å²) in [4.78, 5) is 39.9. The summed E-state index contributed by atoms with van der Waals surface area (Å²) in [5, 5.41) is 6.47. The van der Waals surface area contributed by atoms with Crippen molar-refractivity contribution in [2.75, 3.05) is 19.6 Å². The highest BCUT2D eigenvalue weighted by Gasteiger charge is 2.37. The summed E-state index contributed by atoms with van der Waals surface area (Å²) < 4.78 is 42.4. The zero-order valence-corrected chi connectivity index (χ0v) is 19.8. The van der Waals surface area contributed by atoms with Crippen molar-refractivity contribution in [3.05, 3.63) is 98.2 Å². The van der Waals surface area contributed by atoms with Crippen molar-refractivity contribution < 1.29 is 22.8 Å². The van der Waals surface area contributed by atoms with Crippen LogP contribution in [0.4, 0.5) is 13.2 Å². The van der Waals surface area contributed by atoms with Crippen LogP contribution in [-0.2, 0) is 11.2 Å². The maximum absolute atomic E-state index is 14.6. The van der Waals surface area contributed by atoms with Crippen LogP contribution in [0.15, 0.2) is 53.3 Å². The minimum absolute atomic E-state index is 0.00985. The Hall–Kier alpha value is -3.95. The molecule has 0 unspecified atom stereocenters. The molecule has 0 aliphatic carbocycles. The number of amides is 2. The number of carbonyl (C=O) groups excluding carboxylic acids is 2. The van der Waals surface area contributed by atoms with E-state index in [9.17, 15) is 27.6 Å². The Morgan fingerprint density at radius 1 is 1.06 bits per heavy atom. The first-order chi connectivity index (χ1) is 17.2. The van der Waals surface area contributed by atoms with Gasteiger partial charge in [-0.1, -0.05) is 36.4 Å². The second kappa shape index (κ2) is 10.3. The fourth-order valence-corrected chi connectivity index (χ4v) is 4.32. The molecule has 2 amide bonds. The molecule has 1 aliphatic heterocycles. The lowest BCUT2D eigenvalue weighted by Crippen LogP contribution is -2.54. The topological polar surface area (TPSA) is 86.4 Å². The van der Waals surface area contributed by atoms with E-state index in [2.05, 4.69) is 10.2 Å². The summed E-state index contributed by atoms with van der Waals surface area (Å²) in [6.45, 7) is 2.89. The van der Waals surface area contributed by atoms with Crippen LogP contribution in [0.25, 0.3) is 0 Å². The predicted octanol–water partition coefficient (Wildman–Crippen LogP) is 3.41. The molecule has 36 heavy (non-hydrogen) atoms. The zero-order chi connectivity index (χ0) is 26.0. The number of aromatic nitrogens is 2. The van der Waals surface area contributed by atoms with E-state index >= 15 is 0 Å². The van der Waals surface area contributed by atoms with Gasteiger partial charge in [0.05, 0.1) is 11.3 Å². The van der Waals surface area contributed by atoms with Crippen molar-refractivity contribution in [3.63, 3.8) is 0 Å². The minimum atomic E-state index is -2.80. The second-order valence-electron chi connectivity index (χ2n) is 8.74. The van der Waals surface area contributed by atoms with Crippen LogP contribution in [-0.4, -0.2) is 57.9 Å². The van der Waals surface area contributed by atoms with Gasteiger partial charge in [0, 0.05) is 25.1 Å². The number of nitrogens with one attached hydrogen (secondary N) is 1. The van der Waals surface area contributed by atoms with Crippen molar-refractivity contribution in [1.82, 2.24) is 20.0 Å². The Balaban J connectivity index is 1.52. The molecule has 1 N–H and O–H groups in total. The Kier molecular flexibility index (Phi) is 7.23. The Bertz CT molecular complexity index is 1340. The minimum Gasteiger partial charge on any atom is -0.327 e. The lowest BCUT2D eigenvalue weighted by molar-refractivity contribution is -0.142. The number of hydrogen-bond acceptors (Lipinski definition) is 4. The molecular weight excluding hydrogens is 473 g/mol. The highest BCUT2D eigenvalue weighted by atomic mass is 19.3. The molecule has 0 saturated carbocycles. The van der Waals surface area contributed by atoms with Gasteiger partial charge < -0.3 is 9.80 Å². The molecule has 7 nitrogen and oxygen atoms in total. The molecule has 1 saturated heterocycles. The van der Waals surface area contributed by atoms with E-state index < -0.39 is 36.6 Å². The Labute approximate surface area is 205 Å². The fraction of sp³-hybridized carbons (Fsp3) is 0.308. The molecule has 10 heteroatoms. The Morgan fingerprint density at radius 3 is 2.44 bits per heavy atom. The first-order valence-electron chi connectivity index (χ1n) is 11.4. The van der Waals surface area contributed by atoms with Crippen LogP contribution in [0, 0.1) is 19.7 Å². The first kappa shape index (κ1) is 25.2. The van der Waals surface area contributed by atoms with Gasteiger partial charge >= 0.3 is 0 Å². The number of halogens is 3. The molecule has 2 heterocycles. The van der Waals surface area contributed by atoms with Crippen molar-refractivity contribution in [3.8, 4) is 0 Å². The summed E-state index contributed by atoms with van der Waals surface area (Å²) in [6, 6.07) is 10.6. The number of hydrogen-bond donors (Lipinski definition) is 1. The highest BCUT2D eigenvalue weighted by Crippen LogP contribution is 2.29. The summed E-state index contributed by atoms with van der Waals surface area (Å²) in [5.74, 6) is -2.09. The van der Waals surface area contributed by atoms with Gasteiger partial charge in [-0.3, -0.25) is 14.4 Å². The molecule has 3 aromatic rings. The van der Waals surface area contributed by atoms with Crippen LogP contribution in [0.5, 0.6) is 0 Å². The molecule has 1 aliphatic rings. The van der Waals surface area contributed by atoms with Gasteiger partial charge in [-0.25, -0.2) is 18.3 Å². The predicted molar refractivity (Wildman–Crippen MR) is 126 cm³/mol. The summed E-state index contributed by atoms with van der Waals surface area (Å²) >= 11 is 0. The van der Waals surface area contributed by atoms with Crippen molar-refractivity contribution >= 4 is 11.8 Å². The average Bonchev–Trinajstić information content (AvgIpc) is 2.86. The number of nitrogens with zero attached hydrogens (tertiary/aromatic N) is 3. The first-order valence-corrected chi connectivity index (χ1v) is 11.4. The standard InChI is InChI=1S/C26H25F3N4O3/c1-15-16(2)25(35)31-30-21(15)13-17-8-9-20(27)19(12-17)26(36)32-10-11-33(22(34)14-32)23(24(28)29)18-6-4-3-5-7-18/h3-9,12,23-24H,10-11,13-14H2,1-2H3,(H,31,35)/t23-/m1/s1. The highest BCUT2D eigenvalue weighted by molar-refractivity contribution is 5.97. The lowest BCUT2D eigenvalue weighted by Gasteiger charge is -2.39. The number of benzene rings is 2. The van der Waals surface area contributed by atoms with Crippen LogP contribution in [0.3, 0.4) is 0 Å². The van der Waals surface area contributed by atoms with Gasteiger partial charge in [0.2, 0.25) is 5.91 Å². The van der Waals surface area contributed by atoms with Crippen molar-refractivity contribution in [2.24, 2.45) is 0 Å². The quantitative estimate of drug-likeness (QED) is 0.565. The maximum atomic E-state index is 14.6. The van der Waals surface area contributed by atoms with Crippen molar-refractivity contribution in [1.29, 1.82) is 0 Å². The number of carbonyl (C=O) groups is 2. The molecular formula is C26H25F3N4O3. The van der Waals surface area contributed by atoms with Gasteiger partial charge in [0.1, 0.15) is 18.4 Å². The third-order valence-corrected chi connectivity index (χ3v) is 6.52. The van der Waals surface area contributed by atoms with E-state index in [0.29, 0.717) is 27.9 Å². The number of rotatable bonds is 6. The molecule has 0 radical (unpaired) electrons. The van der Waals surface area contributed by atoms with Crippen LogP contribution >= 0.6 is 0 Å². The largest absolute Gasteiger partial charge is 0.327 e. The summed E-state index contributed by atoms with van der Waals surface area (Å²) in [7, 11) is 0. The lowest BCUT2D eigenvalue weighted by atomic mass is 10.0. The van der Waals surface area contributed by atoms with Crippen LogP contribution in [0.1, 0.15) is 44.3 Å². The van der Waals surface area contributed by atoms with Gasteiger partial charge in [-0.2, -0.15) is 5.10 Å². The summed E-state index contributed by atoms with van der Waals surface area (Å²) in [5.41, 5.74) is 2.18. The van der Waals surface area contributed by atoms with Crippen LogP contribution < -0.4 is 5.56 Å². The Morgan fingerprint density at radius 2 is 1.78 bits per heavy atom.